The van der Waals surface area contributed by atoms with Crippen molar-refractivity contribution in [2.75, 3.05) is 0 Å². The molecule has 0 saturated heterocycles. The van der Waals surface area contributed by atoms with Crippen LogP contribution in [0, 0.1) is 15.9 Å². The van der Waals surface area contributed by atoms with Crippen LogP contribution in [0.1, 0.15) is 0 Å². The molecule has 0 fully saturated rings. The molecule has 0 aliphatic heterocycles. The van der Waals surface area contributed by atoms with E-state index in [9.17, 15) is 14.5 Å². The van der Waals surface area contributed by atoms with Crippen LogP contribution in [0.15, 0.2) is 27.5 Å². The van der Waals surface area contributed by atoms with E-state index in [0.717, 1.165) is 18.2 Å². The summed E-state index contributed by atoms with van der Waals surface area (Å²) in [5.41, 5.74) is -0.347. The lowest BCUT2D eigenvalue weighted by Crippen LogP contribution is -1.93. The van der Waals surface area contributed by atoms with Crippen LogP contribution in [0.3, 0.4) is 0 Å². The molecule has 1 aromatic heterocycles. The number of rotatable bonds is 2. The Labute approximate surface area is 96.4 Å². The van der Waals surface area contributed by atoms with Crippen LogP contribution in [0.4, 0.5) is 10.1 Å². The normalized spacial score (nSPS) is 10.4. The van der Waals surface area contributed by atoms with Crippen LogP contribution >= 0.6 is 15.9 Å². The first-order chi connectivity index (χ1) is 7.58. The Bertz CT molecular complexity index is 557. The Morgan fingerprint density at radius 3 is 2.81 bits per heavy atom. The maximum absolute atomic E-state index is 13.0. The van der Waals surface area contributed by atoms with Gasteiger partial charge in [-0.15, -0.1) is 0 Å². The molecule has 0 amide bonds. The highest BCUT2D eigenvalue weighted by molar-refractivity contribution is 9.10. The van der Waals surface area contributed by atoms with E-state index in [1.807, 2.05) is 0 Å². The molecule has 6 nitrogen and oxygen atoms in total. The molecule has 2 aromatic rings. The van der Waals surface area contributed by atoms with E-state index in [1.54, 1.807) is 0 Å². The lowest BCUT2D eigenvalue weighted by atomic mass is 10.2. The molecule has 0 bridgehead atoms. The molecule has 0 N–H and O–H groups in total. The average molecular weight is 288 g/mol. The van der Waals surface area contributed by atoms with Crippen molar-refractivity contribution in [2.24, 2.45) is 0 Å². The Morgan fingerprint density at radius 2 is 2.25 bits per heavy atom. The first kappa shape index (κ1) is 10.7. The van der Waals surface area contributed by atoms with Crippen LogP contribution in [0.2, 0.25) is 0 Å². The molecule has 0 spiro atoms. The van der Waals surface area contributed by atoms with Crippen LogP contribution in [-0.2, 0) is 0 Å². The second-order valence-electron chi connectivity index (χ2n) is 2.79. The van der Waals surface area contributed by atoms with Crippen molar-refractivity contribution in [3.05, 3.63) is 38.9 Å². The van der Waals surface area contributed by atoms with Crippen LogP contribution in [0.5, 0.6) is 0 Å². The third kappa shape index (κ3) is 1.91. The number of nitro groups is 1. The van der Waals surface area contributed by atoms with Gasteiger partial charge in [0.2, 0.25) is 4.73 Å². The lowest BCUT2D eigenvalue weighted by molar-refractivity contribution is -0.384. The van der Waals surface area contributed by atoms with Crippen molar-refractivity contribution in [2.45, 2.75) is 0 Å². The minimum atomic E-state index is -0.646. The topological polar surface area (TPSA) is 82.1 Å². The Hall–Kier alpha value is -1.83. The number of benzene rings is 1. The van der Waals surface area contributed by atoms with Crippen molar-refractivity contribution >= 4 is 21.6 Å². The molecule has 0 aliphatic rings. The number of halogens is 2. The molecule has 0 atom stereocenters. The predicted molar refractivity (Wildman–Crippen MR) is 54.0 cm³/mol. The monoisotopic (exact) mass is 287 g/mol. The van der Waals surface area contributed by atoms with E-state index in [0.29, 0.717) is 0 Å². The fourth-order valence-corrected chi connectivity index (χ4v) is 1.39. The zero-order valence-electron chi connectivity index (χ0n) is 7.55. The van der Waals surface area contributed by atoms with Crippen molar-refractivity contribution < 1.29 is 13.8 Å². The zero-order chi connectivity index (χ0) is 11.7. The van der Waals surface area contributed by atoms with E-state index in [4.69, 9.17) is 4.52 Å². The van der Waals surface area contributed by atoms with Gasteiger partial charge < -0.3 is 4.52 Å². The van der Waals surface area contributed by atoms with Crippen molar-refractivity contribution in [3.8, 4) is 11.5 Å². The third-order valence-electron chi connectivity index (χ3n) is 1.79. The predicted octanol–water partition coefficient (Wildman–Crippen LogP) is 2.55. The van der Waals surface area contributed by atoms with Gasteiger partial charge in [0.05, 0.1) is 4.92 Å². The van der Waals surface area contributed by atoms with Gasteiger partial charge in [0, 0.05) is 6.07 Å². The summed E-state index contributed by atoms with van der Waals surface area (Å²) in [6.07, 6.45) is 0. The minimum Gasteiger partial charge on any atom is -0.333 e. The van der Waals surface area contributed by atoms with Gasteiger partial charge >= 0.3 is 0 Å². The van der Waals surface area contributed by atoms with Gasteiger partial charge in [0.15, 0.2) is 0 Å². The fraction of sp³-hybridized carbons (Fsp3) is 0. The second-order valence-corrected chi connectivity index (χ2v) is 3.50. The number of hydrogen-bond acceptors (Lipinski definition) is 5. The highest BCUT2D eigenvalue weighted by atomic mass is 79.9. The van der Waals surface area contributed by atoms with Crippen LogP contribution in [0.25, 0.3) is 11.5 Å². The van der Waals surface area contributed by atoms with Crippen molar-refractivity contribution in [3.63, 3.8) is 0 Å². The zero-order valence-corrected chi connectivity index (χ0v) is 9.14. The van der Waals surface area contributed by atoms with E-state index >= 15 is 0 Å². The summed E-state index contributed by atoms with van der Waals surface area (Å²) in [6, 6.07) is 3.01. The van der Waals surface area contributed by atoms with Crippen molar-refractivity contribution in [1.29, 1.82) is 0 Å². The molecule has 0 unspecified atom stereocenters. The van der Waals surface area contributed by atoms with E-state index < -0.39 is 10.7 Å². The van der Waals surface area contributed by atoms with Gasteiger partial charge in [-0.05, 0) is 33.2 Å². The molecule has 8 heteroatoms. The summed E-state index contributed by atoms with van der Waals surface area (Å²) in [7, 11) is 0. The highest BCUT2D eigenvalue weighted by Crippen LogP contribution is 2.29. The average Bonchev–Trinajstić information content (AvgIpc) is 2.64. The summed E-state index contributed by atoms with van der Waals surface area (Å²) in [6.45, 7) is 0. The molecular weight excluding hydrogens is 285 g/mol. The summed E-state index contributed by atoms with van der Waals surface area (Å²) in [5.74, 6) is -0.729. The first-order valence-corrected chi connectivity index (χ1v) is 4.81. The SMILES string of the molecule is O=[N+]([O-])c1ccc(F)cc1-c1nc(Br)no1. The molecule has 82 valence electrons. The molecular formula is C8H3BrFN3O3. The minimum absolute atomic E-state index is 0.0526. The Morgan fingerprint density at radius 1 is 1.50 bits per heavy atom. The molecule has 0 saturated carbocycles. The third-order valence-corrected chi connectivity index (χ3v) is 2.11. The van der Waals surface area contributed by atoms with Gasteiger partial charge in [-0.2, -0.15) is 4.98 Å². The summed E-state index contributed by atoms with van der Waals surface area (Å²) >= 11 is 2.93. The van der Waals surface area contributed by atoms with Gasteiger partial charge in [-0.1, -0.05) is 0 Å². The molecule has 1 heterocycles. The number of aromatic nitrogens is 2. The molecule has 16 heavy (non-hydrogen) atoms. The maximum atomic E-state index is 13.0. The molecule has 1 aromatic carbocycles. The van der Waals surface area contributed by atoms with Crippen LogP contribution in [-0.4, -0.2) is 15.1 Å². The van der Waals surface area contributed by atoms with Gasteiger partial charge in [-0.3, -0.25) is 10.1 Å². The Kier molecular flexibility index (Phi) is 2.65. The van der Waals surface area contributed by atoms with Gasteiger partial charge in [-0.25, -0.2) is 4.39 Å². The maximum Gasteiger partial charge on any atom is 0.282 e. The number of nitro benzene ring substituents is 1. The second kappa shape index (κ2) is 3.97. The standard InChI is InChI=1S/C8H3BrFN3O3/c9-8-11-7(16-12-8)5-3-4(10)1-2-6(5)13(14)15/h1-3H. The summed E-state index contributed by atoms with van der Waals surface area (Å²) in [5, 5.41) is 14.1. The number of hydrogen-bond donors (Lipinski definition) is 0. The van der Waals surface area contributed by atoms with Crippen LogP contribution < -0.4 is 0 Å². The van der Waals surface area contributed by atoms with Crippen molar-refractivity contribution in [1.82, 2.24) is 10.1 Å². The van der Waals surface area contributed by atoms with Gasteiger partial charge in [0.1, 0.15) is 11.4 Å². The molecule has 2 rings (SSSR count). The summed E-state index contributed by atoms with van der Waals surface area (Å²) < 4.78 is 17.8. The van der Waals surface area contributed by atoms with Gasteiger partial charge in [0.25, 0.3) is 11.6 Å². The Balaban J connectivity index is 2.62. The smallest absolute Gasteiger partial charge is 0.282 e. The van der Waals surface area contributed by atoms with E-state index in [2.05, 4.69) is 26.1 Å². The summed E-state index contributed by atoms with van der Waals surface area (Å²) in [4.78, 5) is 13.8. The lowest BCUT2D eigenvalue weighted by Gasteiger charge is -1.97. The molecule has 0 aliphatic carbocycles. The van der Waals surface area contributed by atoms with E-state index in [-0.39, 0.29) is 21.9 Å². The highest BCUT2D eigenvalue weighted by Gasteiger charge is 2.20. The van der Waals surface area contributed by atoms with E-state index in [1.165, 1.54) is 0 Å². The first-order valence-electron chi connectivity index (χ1n) is 4.01. The molecule has 0 radical (unpaired) electrons. The quantitative estimate of drug-likeness (QED) is 0.626. The fourth-order valence-electron chi connectivity index (χ4n) is 1.15. The number of nitrogens with zero attached hydrogens (tertiary/aromatic N) is 3. The largest absolute Gasteiger partial charge is 0.333 e.